The van der Waals surface area contributed by atoms with E-state index in [0.29, 0.717) is 18.2 Å². The molecule has 0 aromatic heterocycles. The fourth-order valence-electron chi connectivity index (χ4n) is 4.08. The normalized spacial score (nSPS) is 22.1. The predicted molar refractivity (Wildman–Crippen MR) is 92.8 cm³/mol. The van der Waals surface area contributed by atoms with E-state index in [1.54, 1.807) is 0 Å². The second kappa shape index (κ2) is 9.27. The van der Waals surface area contributed by atoms with Gasteiger partial charge in [-0.2, -0.15) is 5.26 Å². The van der Waals surface area contributed by atoms with Gasteiger partial charge in [-0.1, -0.05) is 46.0 Å². The summed E-state index contributed by atoms with van der Waals surface area (Å²) in [5.41, 5.74) is 0. The average Bonchev–Trinajstić information content (AvgIpc) is 2.56. The third-order valence-corrected chi connectivity index (χ3v) is 5.55. The Kier molecular flexibility index (Phi) is 7.36. The molecule has 1 atom stereocenters. The summed E-state index contributed by atoms with van der Waals surface area (Å²) in [5, 5.41) is 9.29. The summed E-state index contributed by atoms with van der Waals surface area (Å²) in [7, 11) is 0. The third kappa shape index (κ3) is 5.49. The largest absolute Gasteiger partial charge is 0.340 e. The minimum Gasteiger partial charge on any atom is -0.340 e. The molecule has 4 heteroatoms. The molecule has 23 heavy (non-hydrogen) atoms. The predicted octanol–water partition coefficient (Wildman–Crippen LogP) is 3.43. The number of rotatable bonds is 6. The lowest BCUT2D eigenvalue weighted by atomic mass is 9.86. The summed E-state index contributed by atoms with van der Waals surface area (Å²) in [6.45, 7) is 7.43. The van der Waals surface area contributed by atoms with Crippen LogP contribution >= 0.6 is 0 Å². The molecular formula is C19H33N3O. The molecule has 1 unspecified atom stereocenters. The Morgan fingerprint density at radius 2 is 1.78 bits per heavy atom. The van der Waals surface area contributed by atoms with Crippen molar-refractivity contribution in [3.05, 3.63) is 0 Å². The van der Waals surface area contributed by atoms with Crippen molar-refractivity contribution in [3.63, 3.8) is 0 Å². The number of carbonyl (C=O) groups excluding carboxylic acids is 1. The van der Waals surface area contributed by atoms with Crippen molar-refractivity contribution in [2.45, 2.75) is 71.3 Å². The van der Waals surface area contributed by atoms with E-state index in [1.165, 1.54) is 38.5 Å². The van der Waals surface area contributed by atoms with E-state index in [4.69, 9.17) is 0 Å². The van der Waals surface area contributed by atoms with Crippen LogP contribution in [-0.2, 0) is 4.79 Å². The van der Waals surface area contributed by atoms with E-state index < -0.39 is 0 Å². The molecule has 0 radical (unpaired) electrons. The molecule has 1 saturated carbocycles. The second-order valence-corrected chi connectivity index (χ2v) is 7.63. The summed E-state index contributed by atoms with van der Waals surface area (Å²) in [6.07, 6.45) is 9.91. The van der Waals surface area contributed by atoms with E-state index in [-0.39, 0.29) is 6.04 Å². The average molecular weight is 319 g/mol. The van der Waals surface area contributed by atoms with E-state index >= 15 is 0 Å². The molecular weight excluding hydrogens is 286 g/mol. The van der Waals surface area contributed by atoms with Crippen LogP contribution in [0.5, 0.6) is 0 Å². The second-order valence-electron chi connectivity index (χ2n) is 7.63. The van der Waals surface area contributed by atoms with Crippen LogP contribution < -0.4 is 0 Å². The number of hydrogen-bond donors (Lipinski definition) is 0. The number of amides is 1. The smallest absolute Gasteiger partial charge is 0.222 e. The fraction of sp³-hybridized carbons (Fsp3) is 0.895. The van der Waals surface area contributed by atoms with Crippen LogP contribution in [0.2, 0.25) is 0 Å². The molecule has 0 bridgehead atoms. The first-order valence-electron chi connectivity index (χ1n) is 9.53. The summed E-state index contributed by atoms with van der Waals surface area (Å²) in [6, 6.07) is 2.39. The highest BCUT2D eigenvalue weighted by Gasteiger charge is 2.27. The molecule has 1 saturated heterocycles. The van der Waals surface area contributed by atoms with E-state index in [2.05, 4.69) is 24.8 Å². The first kappa shape index (κ1) is 18.3. The zero-order chi connectivity index (χ0) is 16.7. The molecule has 4 nitrogen and oxygen atoms in total. The maximum absolute atomic E-state index is 12.4. The fourth-order valence-corrected chi connectivity index (χ4v) is 4.08. The minimum atomic E-state index is -0.0152. The van der Waals surface area contributed by atoms with E-state index in [1.807, 2.05) is 4.90 Å². The van der Waals surface area contributed by atoms with Crippen LogP contribution in [0.15, 0.2) is 0 Å². The topological polar surface area (TPSA) is 47.3 Å². The van der Waals surface area contributed by atoms with Crippen molar-refractivity contribution in [1.29, 1.82) is 5.26 Å². The van der Waals surface area contributed by atoms with Crippen molar-refractivity contribution >= 4 is 5.91 Å². The lowest BCUT2D eigenvalue weighted by Crippen LogP contribution is -2.52. The van der Waals surface area contributed by atoms with Crippen LogP contribution in [-0.4, -0.2) is 47.9 Å². The first-order valence-corrected chi connectivity index (χ1v) is 9.53. The molecule has 0 aromatic rings. The Labute approximate surface area is 141 Å². The Morgan fingerprint density at radius 3 is 2.35 bits per heavy atom. The van der Waals surface area contributed by atoms with Crippen LogP contribution in [0.4, 0.5) is 0 Å². The van der Waals surface area contributed by atoms with Crippen molar-refractivity contribution < 1.29 is 4.79 Å². The number of carbonyl (C=O) groups is 1. The molecule has 130 valence electrons. The van der Waals surface area contributed by atoms with Gasteiger partial charge < -0.3 is 4.90 Å². The molecule has 2 rings (SSSR count). The van der Waals surface area contributed by atoms with Gasteiger partial charge in [-0.3, -0.25) is 9.69 Å². The lowest BCUT2D eigenvalue weighted by Gasteiger charge is -2.38. The van der Waals surface area contributed by atoms with E-state index in [9.17, 15) is 10.1 Å². The van der Waals surface area contributed by atoms with Gasteiger partial charge in [0.15, 0.2) is 0 Å². The van der Waals surface area contributed by atoms with Gasteiger partial charge in [0.05, 0.1) is 6.07 Å². The van der Waals surface area contributed by atoms with Crippen molar-refractivity contribution in [1.82, 2.24) is 9.80 Å². The van der Waals surface area contributed by atoms with Gasteiger partial charge in [0.25, 0.3) is 0 Å². The molecule has 1 aliphatic carbocycles. The molecule has 0 spiro atoms. The molecule has 1 amide bonds. The van der Waals surface area contributed by atoms with Gasteiger partial charge in [0.1, 0.15) is 6.04 Å². The molecule has 2 aliphatic rings. The van der Waals surface area contributed by atoms with Crippen molar-refractivity contribution in [3.8, 4) is 6.07 Å². The Morgan fingerprint density at radius 1 is 1.13 bits per heavy atom. The first-order chi connectivity index (χ1) is 11.1. The monoisotopic (exact) mass is 319 g/mol. The summed E-state index contributed by atoms with van der Waals surface area (Å²) in [4.78, 5) is 16.6. The summed E-state index contributed by atoms with van der Waals surface area (Å²) in [5.74, 6) is 1.53. The third-order valence-electron chi connectivity index (χ3n) is 5.55. The van der Waals surface area contributed by atoms with Gasteiger partial charge in [0, 0.05) is 32.6 Å². The number of piperazine rings is 1. The van der Waals surface area contributed by atoms with E-state index in [0.717, 1.165) is 38.5 Å². The zero-order valence-electron chi connectivity index (χ0n) is 15.0. The van der Waals surface area contributed by atoms with Gasteiger partial charge in [-0.15, -0.1) is 0 Å². The Bertz CT molecular complexity index is 401. The molecule has 2 fully saturated rings. The highest BCUT2D eigenvalue weighted by atomic mass is 16.2. The molecule has 0 aromatic carbocycles. The van der Waals surface area contributed by atoms with Crippen LogP contribution in [0.25, 0.3) is 0 Å². The Hall–Kier alpha value is -1.08. The van der Waals surface area contributed by atoms with Crippen LogP contribution in [0, 0.1) is 23.2 Å². The van der Waals surface area contributed by atoms with Crippen molar-refractivity contribution in [2.24, 2.45) is 11.8 Å². The summed E-state index contributed by atoms with van der Waals surface area (Å²) >= 11 is 0. The maximum atomic E-state index is 12.4. The highest BCUT2D eigenvalue weighted by Crippen LogP contribution is 2.27. The standard InChI is InChI=1S/C19H33N3O/c1-16(2)18(15-20)21-11-13-22(14-12-21)19(23)10-6-9-17-7-4-3-5-8-17/h16-18H,3-14H2,1-2H3. The SMILES string of the molecule is CC(C)C(C#N)N1CCN(C(=O)CCCC2CCCCC2)CC1. The lowest BCUT2D eigenvalue weighted by molar-refractivity contribution is -0.133. The molecule has 0 N–H and O–H groups in total. The number of nitrogens with zero attached hydrogens (tertiary/aromatic N) is 3. The van der Waals surface area contributed by atoms with Gasteiger partial charge in [-0.25, -0.2) is 0 Å². The van der Waals surface area contributed by atoms with Crippen LogP contribution in [0.1, 0.15) is 65.2 Å². The summed E-state index contributed by atoms with van der Waals surface area (Å²) < 4.78 is 0. The zero-order valence-corrected chi connectivity index (χ0v) is 15.0. The number of hydrogen-bond acceptors (Lipinski definition) is 3. The minimum absolute atomic E-state index is 0.0152. The van der Waals surface area contributed by atoms with Crippen molar-refractivity contribution in [2.75, 3.05) is 26.2 Å². The quantitative estimate of drug-likeness (QED) is 0.753. The van der Waals surface area contributed by atoms with Gasteiger partial charge >= 0.3 is 0 Å². The highest BCUT2D eigenvalue weighted by molar-refractivity contribution is 5.76. The molecule has 1 heterocycles. The number of nitriles is 1. The Balaban J connectivity index is 1.66. The van der Waals surface area contributed by atoms with Gasteiger partial charge in [0.2, 0.25) is 5.91 Å². The van der Waals surface area contributed by atoms with Crippen LogP contribution in [0.3, 0.4) is 0 Å². The van der Waals surface area contributed by atoms with Gasteiger partial charge in [-0.05, 0) is 24.7 Å². The molecule has 1 aliphatic heterocycles. The maximum Gasteiger partial charge on any atom is 0.222 e.